The highest BCUT2D eigenvalue weighted by molar-refractivity contribution is 7.78. The Kier molecular flexibility index (Phi) is 3.58. The Labute approximate surface area is 77.3 Å². The molecule has 0 spiro atoms. The molecular weight excluding hydrogens is 200 g/mol. The normalized spacial score (nSPS) is 12.8. The summed E-state index contributed by atoms with van der Waals surface area (Å²) in [5, 5.41) is 0. The Morgan fingerprint density at radius 2 is 2.42 bits per heavy atom. The van der Waals surface area contributed by atoms with E-state index in [0.29, 0.717) is 11.5 Å². The van der Waals surface area contributed by atoms with E-state index in [1.807, 2.05) is 0 Å². The number of aromatic nitrogens is 2. The van der Waals surface area contributed by atoms with Crippen LogP contribution in [0.4, 0.5) is 0 Å². The second-order valence-corrected chi connectivity index (χ2v) is 3.26. The highest BCUT2D eigenvalue weighted by Crippen LogP contribution is 2.00. The Balaban J connectivity index is 2.79. The van der Waals surface area contributed by atoms with Crippen LogP contribution in [0.3, 0.4) is 0 Å². The van der Waals surface area contributed by atoms with E-state index >= 15 is 0 Å². The molecule has 0 saturated heterocycles. The fourth-order valence-electron chi connectivity index (χ4n) is 0.696. The monoisotopic (exact) mass is 206 g/mol. The predicted octanol–water partition coefficient (Wildman–Crippen LogP) is 0.937. The van der Waals surface area contributed by atoms with E-state index in [4.69, 9.17) is 16.2 Å². The fraction of sp³-hybridized carbons (Fsp3) is 0.333. The Bertz CT molecular complexity index is 295. The number of nitrogens with zero attached hydrogens (tertiary/aromatic N) is 2. The Morgan fingerprint density at radius 3 is 3.00 bits per heavy atom. The van der Waals surface area contributed by atoms with E-state index in [2.05, 4.69) is 9.97 Å². The first-order valence-corrected chi connectivity index (χ1v) is 4.97. The third-order valence-corrected chi connectivity index (χ3v) is 1.93. The molecule has 1 aromatic heterocycles. The van der Waals surface area contributed by atoms with Gasteiger partial charge in [0.15, 0.2) is 11.1 Å². The summed E-state index contributed by atoms with van der Waals surface area (Å²) >= 11 is 3.61. The van der Waals surface area contributed by atoms with Gasteiger partial charge in [0.2, 0.25) is 0 Å². The van der Waals surface area contributed by atoms with Gasteiger partial charge in [-0.3, -0.25) is 0 Å². The molecule has 0 aliphatic carbocycles. The number of alkyl halides is 1. The van der Waals surface area contributed by atoms with E-state index in [1.54, 1.807) is 6.07 Å². The number of halogens is 1. The van der Waals surface area contributed by atoms with Crippen molar-refractivity contribution in [2.75, 3.05) is 0 Å². The molecule has 0 bridgehead atoms. The van der Waals surface area contributed by atoms with Gasteiger partial charge in [-0.25, -0.2) is 14.2 Å². The van der Waals surface area contributed by atoms with Gasteiger partial charge in [0, 0.05) is 6.20 Å². The smallest absolute Gasteiger partial charge is 0.160 e. The quantitative estimate of drug-likeness (QED) is 0.591. The van der Waals surface area contributed by atoms with Crippen molar-refractivity contribution in [3.63, 3.8) is 0 Å². The van der Waals surface area contributed by atoms with Crippen LogP contribution < -0.4 is 0 Å². The minimum absolute atomic E-state index is 0.0509. The van der Waals surface area contributed by atoms with Gasteiger partial charge in [-0.15, -0.1) is 11.6 Å². The second-order valence-electron chi connectivity index (χ2n) is 2.06. The molecule has 0 aliphatic rings. The first-order chi connectivity index (χ1) is 5.72. The molecule has 1 atom stereocenters. The van der Waals surface area contributed by atoms with Crippen molar-refractivity contribution in [2.24, 2.45) is 0 Å². The van der Waals surface area contributed by atoms with Crippen LogP contribution in [-0.4, -0.2) is 18.7 Å². The summed E-state index contributed by atoms with van der Waals surface area (Å²) in [7, 11) is 0. The average Bonchev–Trinajstić information content (AvgIpc) is 2.03. The van der Waals surface area contributed by atoms with Gasteiger partial charge in [0.1, 0.15) is 11.6 Å². The molecule has 1 heterocycles. The van der Waals surface area contributed by atoms with Crippen molar-refractivity contribution >= 4 is 22.7 Å². The van der Waals surface area contributed by atoms with Gasteiger partial charge in [0.05, 0.1) is 11.6 Å². The lowest BCUT2D eigenvalue weighted by molar-refractivity contribution is 0.562. The van der Waals surface area contributed by atoms with E-state index in [9.17, 15) is 4.21 Å². The molecule has 6 heteroatoms. The fourth-order valence-corrected chi connectivity index (χ4v) is 1.20. The molecule has 1 aromatic rings. The molecule has 0 saturated carbocycles. The number of hydrogen-bond acceptors (Lipinski definition) is 3. The highest BCUT2D eigenvalue weighted by atomic mass is 35.5. The number of rotatable bonds is 3. The highest BCUT2D eigenvalue weighted by Gasteiger charge is 2.01. The minimum Gasteiger partial charge on any atom is -0.306 e. The first kappa shape index (κ1) is 9.57. The van der Waals surface area contributed by atoms with Crippen LogP contribution in [-0.2, 0) is 22.7 Å². The molecule has 1 N–H and O–H groups in total. The van der Waals surface area contributed by atoms with Crippen LogP contribution in [0.1, 0.15) is 11.5 Å². The van der Waals surface area contributed by atoms with E-state index < -0.39 is 11.1 Å². The van der Waals surface area contributed by atoms with Crippen LogP contribution in [0.2, 0.25) is 0 Å². The zero-order valence-corrected chi connectivity index (χ0v) is 7.68. The van der Waals surface area contributed by atoms with Gasteiger partial charge in [-0.2, -0.15) is 0 Å². The van der Waals surface area contributed by atoms with E-state index in [0.717, 1.165) is 0 Å². The van der Waals surface area contributed by atoms with Crippen molar-refractivity contribution in [3.8, 4) is 0 Å². The van der Waals surface area contributed by atoms with Crippen LogP contribution in [0.25, 0.3) is 0 Å². The van der Waals surface area contributed by atoms with Gasteiger partial charge >= 0.3 is 0 Å². The van der Waals surface area contributed by atoms with Crippen LogP contribution in [0.15, 0.2) is 12.3 Å². The van der Waals surface area contributed by atoms with Crippen molar-refractivity contribution in [3.05, 3.63) is 23.8 Å². The molecule has 0 aliphatic heterocycles. The molecule has 4 nitrogen and oxygen atoms in total. The standard InChI is InChI=1S/C6H7ClN2O2S/c7-3-5-1-2-8-6(9-5)4-12(10)11/h1-2H,3-4H2,(H,10,11). The zero-order chi connectivity index (χ0) is 8.97. The van der Waals surface area contributed by atoms with E-state index in [1.165, 1.54) is 6.20 Å². The Morgan fingerprint density at radius 1 is 1.67 bits per heavy atom. The molecule has 0 aromatic carbocycles. The molecule has 12 heavy (non-hydrogen) atoms. The summed E-state index contributed by atoms with van der Waals surface area (Å²) in [5.41, 5.74) is 0.659. The molecule has 0 amide bonds. The lowest BCUT2D eigenvalue weighted by Gasteiger charge is -1.97. The second kappa shape index (κ2) is 4.49. The maximum Gasteiger partial charge on any atom is 0.160 e. The van der Waals surface area contributed by atoms with Gasteiger partial charge in [-0.1, -0.05) is 0 Å². The summed E-state index contributed by atoms with van der Waals surface area (Å²) in [6.07, 6.45) is 1.52. The summed E-state index contributed by atoms with van der Waals surface area (Å²) in [5.74, 6) is 0.576. The molecule has 0 radical (unpaired) electrons. The van der Waals surface area contributed by atoms with Crippen LogP contribution in [0.5, 0.6) is 0 Å². The van der Waals surface area contributed by atoms with Crippen molar-refractivity contribution < 1.29 is 8.76 Å². The zero-order valence-electron chi connectivity index (χ0n) is 6.11. The largest absolute Gasteiger partial charge is 0.306 e. The maximum atomic E-state index is 10.4. The van der Waals surface area contributed by atoms with Gasteiger partial charge < -0.3 is 4.55 Å². The molecule has 66 valence electrons. The van der Waals surface area contributed by atoms with Crippen molar-refractivity contribution in [1.82, 2.24) is 9.97 Å². The van der Waals surface area contributed by atoms with Crippen LogP contribution in [0, 0.1) is 0 Å². The minimum atomic E-state index is -1.89. The first-order valence-electron chi connectivity index (χ1n) is 3.16. The summed E-state index contributed by atoms with van der Waals surface area (Å²) < 4.78 is 18.9. The SMILES string of the molecule is O=S(O)Cc1nccc(CCl)n1. The summed E-state index contributed by atoms with van der Waals surface area (Å²) in [4.78, 5) is 7.74. The molecule has 1 unspecified atom stereocenters. The number of hydrogen-bond donors (Lipinski definition) is 1. The molecule has 1 rings (SSSR count). The van der Waals surface area contributed by atoms with Crippen LogP contribution >= 0.6 is 11.6 Å². The Hall–Kier alpha value is -0.520. The summed E-state index contributed by atoms with van der Waals surface area (Å²) in [6.45, 7) is 0. The third-order valence-electron chi connectivity index (χ3n) is 1.15. The predicted molar refractivity (Wildman–Crippen MR) is 46.1 cm³/mol. The molecular formula is C6H7ClN2O2S. The topological polar surface area (TPSA) is 63.1 Å². The van der Waals surface area contributed by atoms with Crippen molar-refractivity contribution in [1.29, 1.82) is 0 Å². The van der Waals surface area contributed by atoms with Gasteiger partial charge in [0.25, 0.3) is 0 Å². The molecule has 0 fully saturated rings. The average molecular weight is 207 g/mol. The maximum absolute atomic E-state index is 10.4. The van der Waals surface area contributed by atoms with E-state index in [-0.39, 0.29) is 11.6 Å². The lowest BCUT2D eigenvalue weighted by Crippen LogP contribution is -2.01. The van der Waals surface area contributed by atoms with Gasteiger partial charge in [-0.05, 0) is 6.07 Å². The summed E-state index contributed by atoms with van der Waals surface area (Å²) in [6, 6.07) is 1.66. The van der Waals surface area contributed by atoms with Crippen molar-refractivity contribution in [2.45, 2.75) is 11.6 Å². The lowest BCUT2D eigenvalue weighted by atomic mass is 10.4. The third kappa shape index (κ3) is 2.84.